The number of H-pyrrole nitrogens is 1. The highest BCUT2D eigenvalue weighted by Crippen LogP contribution is 2.12. The van der Waals surface area contributed by atoms with E-state index in [0.29, 0.717) is 12.2 Å². The molecule has 0 aliphatic rings. The molecule has 7 heteroatoms. The fourth-order valence-electron chi connectivity index (χ4n) is 2.33. The van der Waals surface area contributed by atoms with Crippen molar-refractivity contribution in [3.05, 3.63) is 48.0 Å². The first kappa shape index (κ1) is 17.7. The second-order valence-corrected chi connectivity index (χ2v) is 5.87. The van der Waals surface area contributed by atoms with Crippen LogP contribution in [0.25, 0.3) is 0 Å². The van der Waals surface area contributed by atoms with Gasteiger partial charge >= 0.3 is 5.97 Å². The first-order chi connectivity index (χ1) is 11.5. The van der Waals surface area contributed by atoms with Gasteiger partial charge in [0.15, 0.2) is 0 Å². The van der Waals surface area contributed by atoms with Crippen LogP contribution in [-0.2, 0) is 11.2 Å². The Balaban J connectivity index is 1.91. The van der Waals surface area contributed by atoms with Gasteiger partial charge in [-0.2, -0.15) is 0 Å². The third-order valence-corrected chi connectivity index (χ3v) is 3.66. The molecule has 1 amide bonds. The maximum atomic E-state index is 12.5. The van der Waals surface area contributed by atoms with Gasteiger partial charge in [-0.05, 0) is 30.2 Å². The second kappa shape index (κ2) is 8.26. The lowest BCUT2D eigenvalue weighted by Gasteiger charge is -2.21. The minimum atomic E-state index is -0.992. The van der Waals surface area contributed by atoms with E-state index in [1.54, 1.807) is 24.7 Å². The molecule has 0 aliphatic heterocycles. The number of carboxylic acids is 1. The third-order valence-electron chi connectivity index (χ3n) is 3.66. The molecule has 1 heterocycles. The van der Waals surface area contributed by atoms with E-state index in [0.717, 1.165) is 12.1 Å². The quantitative estimate of drug-likeness (QED) is 0.591. The minimum Gasteiger partial charge on any atom is -0.478 e. The number of anilines is 1. The predicted octanol–water partition coefficient (Wildman–Crippen LogP) is 1.90. The zero-order chi connectivity index (χ0) is 17.5. The molecule has 0 radical (unpaired) electrons. The smallest absolute Gasteiger partial charge is 0.335 e. The molecule has 0 bridgehead atoms. The van der Waals surface area contributed by atoms with Crippen LogP contribution in [0.2, 0.25) is 0 Å². The standard InChI is InChI=1S/C17H22N4O3/c1-11(2)15(19-8-7-14-9-18-10-20-14)16(22)21-13-5-3-12(4-6-13)17(23)24/h3-6,9-11,15,19H,7-8H2,1-2H3,(H,18,20)(H,21,22)(H,23,24)/t15-/m0/s1. The van der Waals surface area contributed by atoms with Crippen LogP contribution in [0.4, 0.5) is 5.69 Å². The van der Waals surface area contributed by atoms with Crippen LogP contribution in [0.5, 0.6) is 0 Å². The first-order valence-electron chi connectivity index (χ1n) is 7.82. The fourth-order valence-corrected chi connectivity index (χ4v) is 2.33. The highest BCUT2D eigenvalue weighted by molar-refractivity contribution is 5.95. The monoisotopic (exact) mass is 330 g/mol. The number of carbonyl (C=O) groups is 2. The number of hydrogen-bond acceptors (Lipinski definition) is 4. The number of benzene rings is 1. The molecule has 4 N–H and O–H groups in total. The Bertz CT molecular complexity index is 666. The Kier molecular flexibility index (Phi) is 6.08. The molecule has 0 aliphatic carbocycles. The van der Waals surface area contributed by atoms with Crippen LogP contribution < -0.4 is 10.6 Å². The molecule has 24 heavy (non-hydrogen) atoms. The van der Waals surface area contributed by atoms with Gasteiger partial charge in [0, 0.05) is 30.5 Å². The van der Waals surface area contributed by atoms with E-state index in [4.69, 9.17) is 5.11 Å². The average molecular weight is 330 g/mol. The molecule has 2 aromatic rings. The number of hydrogen-bond donors (Lipinski definition) is 4. The van der Waals surface area contributed by atoms with Crippen molar-refractivity contribution < 1.29 is 14.7 Å². The molecule has 1 atom stereocenters. The van der Waals surface area contributed by atoms with Gasteiger partial charge in [-0.3, -0.25) is 4.79 Å². The van der Waals surface area contributed by atoms with E-state index < -0.39 is 5.97 Å². The minimum absolute atomic E-state index is 0.116. The highest BCUT2D eigenvalue weighted by atomic mass is 16.4. The van der Waals surface area contributed by atoms with Crippen molar-refractivity contribution in [2.24, 2.45) is 5.92 Å². The highest BCUT2D eigenvalue weighted by Gasteiger charge is 2.21. The summed E-state index contributed by atoms with van der Waals surface area (Å²) < 4.78 is 0. The Morgan fingerprint density at radius 2 is 1.96 bits per heavy atom. The summed E-state index contributed by atoms with van der Waals surface area (Å²) >= 11 is 0. The van der Waals surface area contributed by atoms with Crippen LogP contribution in [0.3, 0.4) is 0 Å². The van der Waals surface area contributed by atoms with E-state index in [9.17, 15) is 9.59 Å². The van der Waals surface area contributed by atoms with Crippen molar-refractivity contribution in [3.63, 3.8) is 0 Å². The summed E-state index contributed by atoms with van der Waals surface area (Å²) in [5.74, 6) is -1.02. The Hall–Kier alpha value is -2.67. The van der Waals surface area contributed by atoms with Crippen LogP contribution in [0.15, 0.2) is 36.8 Å². The van der Waals surface area contributed by atoms with Gasteiger partial charge in [-0.25, -0.2) is 9.78 Å². The summed E-state index contributed by atoms with van der Waals surface area (Å²) in [5, 5.41) is 15.0. The average Bonchev–Trinajstić information content (AvgIpc) is 3.05. The van der Waals surface area contributed by atoms with Gasteiger partial charge < -0.3 is 20.7 Å². The molecule has 0 fully saturated rings. The van der Waals surface area contributed by atoms with Gasteiger partial charge in [0.2, 0.25) is 5.91 Å². The zero-order valence-electron chi connectivity index (χ0n) is 13.7. The van der Waals surface area contributed by atoms with Crippen LogP contribution >= 0.6 is 0 Å². The number of rotatable bonds is 8. The maximum Gasteiger partial charge on any atom is 0.335 e. The van der Waals surface area contributed by atoms with E-state index in [2.05, 4.69) is 20.6 Å². The summed E-state index contributed by atoms with van der Waals surface area (Å²) in [4.78, 5) is 30.3. The van der Waals surface area contributed by atoms with Gasteiger partial charge in [-0.1, -0.05) is 13.8 Å². The molecule has 128 valence electrons. The van der Waals surface area contributed by atoms with Gasteiger partial charge in [0.1, 0.15) is 0 Å². The lowest BCUT2D eigenvalue weighted by molar-refractivity contribution is -0.119. The van der Waals surface area contributed by atoms with Crippen LogP contribution in [0.1, 0.15) is 29.9 Å². The van der Waals surface area contributed by atoms with Crippen LogP contribution in [0, 0.1) is 5.92 Å². The number of aromatic carboxylic acids is 1. The number of carboxylic acid groups (broad SMARTS) is 1. The molecular weight excluding hydrogens is 308 g/mol. The van der Waals surface area contributed by atoms with E-state index in [1.807, 2.05) is 13.8 Å². The summed E-state index contributed by atoms with van der Waals surface area (Å²) in [6.45, 7) is 4.60. The van der Waals surface area contributed by atoms with Crippen molar-refractivity contribution in [1.29, 1.82) is 0 Å². The summed E-state index contributed by atoms with van der Waals surface area (Å²) in [6, 6.07) is 5.77. The van der Waals surface area contributed by atoms with E-state index >= 15 is 0 Å². The number of amides is 1. The summed E-state index contributed by atoms with van der Waals surface area (Å²) in [5.41, 5.74) is 1.77. The van der Waals surface area contributed by atoms with Gasteiger partial charge in [-0.15, -0.1) is 0 Å². The number of aromatic amines is 1. The first-order valence-corrected chi connectivity index (χ1v) is 7.82. The molecule has 0 saturated carbocycles. The van der Waals surface area contributed by atoms with Gasteiger partial charge in [0.25, 0.3) is 0 Å². The molecule has 0 unspecified atom stereocenters. The SMILES string of the molecule is CC(C)[C@H](NCCc1cnc[nH]1)C(=O)Nc1ccc(C(=O)O)cc1. The number of carbonyl (C=O) groups excluding carboxylic acids is 1. The lowest BCUT2D eigenvalue weighted by Crippen LogP contribution is -2.45. The normalized spacial score (nSPS) is 12.1. The number of nitrogens with one attached hydrogen (secondary N) is 3. The molecule has 1 aromatic heterocycles. The molecule has 0 spiro atoms. The van der Waals surface area contributed by atoms with E-state index in [-0.39, 0.29) is 23.4 Å². The largest absolute Gasteiger partial charge is 0.478 e. The maximum absolute atomic E-state index is 12.5. The van der Waals surface area contributed by atoms with Crippen LogP contribution in [-0.4, -0.2) is 39.5 Å². The second-order valence-electron chi connectivity index (χ2n) is 5.87. The fraction of sp³-hybridized carbons (Fsp3) is 0.353. The number of aromatic nitrogens is 2. The molecule has 7 nitrogen and oxygen atoms in total. The Labute approximate surface area is 140 Å². The number of imidazole rings is 1. The molecule has 2 rings (SSSR count). The molecule has 1 aromatic carbocycles. The van der Waals surface area contributed by atoms with Crippen molar-refractivity contribution in [1.82, 2.24) is 15.3 Å². The summed E-state index contributed by atoms with van der Waals surface area (Å²) in [6.07, 6.45) is 4.14. The van der Waals surface area contributed by atoms with Crippen molar-refractivity contribution in [2.45, 2.75) is 26.3 Å². The number of nitrogens with zero attached hydrogens (tertiary/aromatic N) is 1. The van der Waals surface area contributed by atoms with Crippen molar-refractivity contribution >= 4 is 17.6 Å². The van der Waals surface area contributed by atoms with Crippen molar-refractivity contribution in [3.8, 4) is 0 Å². The zero-order valence-corrected chi connectivity index (χ0v) is 13.7. The summed E-state index contributed by atoms with van der Waals surface area (Å²) in [7, 11) is 0. The van der Waals surface area contributed by atoms with Gasteiger partial charge in [0.05, 0.1) is 17.9 Å². The van der Waals surface area contributed by atoms with Crippen molar-refractivity contribution in [2.75, 3.05) is 11.9 Å². The Morgan fingerprint density at radius 1 is 1.25 bits per heavy atom. The molecule has 0 saturated heterocycles. The predicted molar refractivity (Wildman–Crippen MR) is 91.0 cm³/mol. The Morgan fingerprint density at radius 3 is 2.50 bits per heavy atom. The topological polar surface area (TPSA) is 107 Å². The molecular formula is C17H22N4O3. The third kappa shape index (κ3) is 4.92. The van der Waals surface area contributed by atoms with E-state index in [1.165, 1.54) is 12.1 Å². The lowest BCUT2D eigenvalue weighted by atomic mass is 10.0.